The van der Waals surface area contributed by atoms with Gasteiger partial charge in [-0.25, -0.2) is 4.68 Å². The summed E-state index contributed by atoms with van der Waals surface area (Å²) in [6.07, 6.45) is 1.85. The zero-order valence-corrected chi connectivity index (χ0v) is 9.72. The maximum absolute atomic E-state index is 11.3. The van der Waals surface area contributed by atoms with E-state index >= 15 is 0 Å². The molecule has 16 heavy (non-hydrogen) atoms. The Morgan fingerprint density at radius 2 is 2.06 bits per heavy atom. The van der Waals surface area contributed by atoms with Gasteiger partial charge < -0.3 is 0 Å². The molecule has 0 saturated carbocycles. The quantitative estimate of drug-likeness (QED) is 0.701. The van der Waals surface area contributed by atoms with Gasteiger partial charge in [0.2, 0.25) is 0 Å². The van der Waals surface area contributed by atoms with Gasteiger partial charge in [0.05, 0.1) is 17.6 Å². The highest BCUT2D eigenvalue weighted by molar-refractivity contribution is 5.93. The third kappa shape index (κ3) is 1.52. The Hall–Kier alpha value is -1.98. The van der Waals surface area contributed by atoms with Crippen molar-refractivity contribution in [3.8, 4) is 5.69 Å². The number of aromatic nitrogens is 5. The van der Waals surface area contributed by atoms with Gasteiger partial charge in [-0.2, -0.15) is 5.10 Å². The molecule has 2 aromatic rings. The minimum absolute atomic E-state index is 0.0784. The average Bonchev–Trinajstić information content (AvgIpc) is 2.69. The molecule has 84 valence electrons. The second kappa shape index (κ2) is 3.55. The number of hydrogen-bond donors (Lipinski definition) is 0. The molecule has 0 atom stereocenters. The van der Waals surface area contributed by atoms with Crippen LogP contribution in [0, 0.1) is 13.8 Å². The van der Waals surface area contributed by atoms with Gasteiger partial charge in [-0.15, -0.1) is 5.10 Å². The van der Waals surface area contributed by atoms with Gasteiger partial charge in [-0.05, 0) is 13.8 Å². The van der Waals surface area contributed by atoms with Gasteiger partial charge in [0.15, 0.2) is 11.5 Å². The van der Waals surface area contributed by atoms with Crippen LogP contribution in [0.25, 0.3) is 5.69 Å². The molecule has 0 fully saturated rings. The Morgan fingerprint density at radius 3 is 2.50 bits per heavy atom. The molecule has 0 aliphatic rings. The Balaban J connectivity index is 2.57. The van der Waals surface area contributed by atoms with Crippen LogP contribution >= 0.6 is 0 Å². The molecule has 2 aromatic heterocycles. The summed E-state index contributed by atoms with van der Waals surface area (Å²) in [6.45, 7) is 5.20. The molecule has 0 radical (unpaired) electrons. The van der Waals surface area contributed by atoms with Crippen molar-refractivity contribution in [1.29, 1.82) is 0 Å². The van der Waals surface area contributed by atoms with Gasteiger partial charge in [-0.1, -0.05) is 5.21 Å². The number of nitrogens with zero attached hydrogens (tertiary/aromatic N) is 5. The van der Waals surface area contributed by atoms with Crippen molar-refractivity contribution in [3.05, 3.63) is 23.3 Å². The summed E-state index contributed by atoms with van der Waals surface area (Å²) in [6, 6.07) is 0. The zero-order chi connectivity index (χ0) is 11.9. The van der Waals surface area contributed by atoms with Gasteiger partial charge in [-0.3, -0.25) is 9.48 Å². The summed E-state index contributed by atoms with van der Waals surface area (Å²) in [4.78, 5) is 11.3. The normalized spacial score (nSPS) is 10.8. The molecular formula is C10H13N5O. The number of aryl methyl sites for hydroxylation is 2. The molecule has 0 saturated heterocycles. The van der Waals surface area contributed by atoms with E-state index < -0.39 is 0 Å². The van der Waals surface area contributed by atoms with Crippen molar-refractivity contribution >= 4 is 5.78 Å². The Morgan fingerprint density at radius 1 is 1.38 bits per heavy atom. The number of carbonyl (C=O) groups is 1. The van der Waals surface area contributed by atoms with E-state index in [1.165, 1.54) is 6.92 Å². The first kappa shape index (κ1) is 10.5. The molecule has 0 spiro atoms. The van der Waals surface area contributed by atoms with Crippen LogP contribution < -0.4 is 0 Å². The second-order valence-corrected chi connectivity index (χ2v) is 3.76. The predicted molar refractivity (Wildman–Crippen MR) is 57.6 cm³/mol. The largest absolute Gasteiger partial charge is 0.293 e. The van der Waals surface area contributed by atoms with Crippen LogP contribution in [0.4, 0.5) is 0 Å². The van der Waals surface area contributed by atoms with E-state index in [0.717, 1.165) is 17.1 Å². The van der Waals surface area contributed by atoms with Crippen LogP contribution in [0.2, 0.25) is 0 Å². The summed E-state index contributed by atoms with van der Waals surface area (Å²) in [5.74, 6) is -0.0784. The fourth-order valence-electron chi connectivity index (χ4n) is 1.68. The second-order valence-electron chi connectivity index (χ2n) is 3.76. The van der Waals surface area contributed by atoms with Gasteiger partial charge >= 0.3 is 0 Å². The molecule has 6 heteroatoms. The minimum Gasteiger partial charge on any atom is -0.293 e. The molecule has 0 aliphatic carbocycles. The van der Waals surface area contributed by atoms with Crippen molar-refractivity contribution in [2.75, 3.05) is 0 Å². The lowest BCUT2D eigenvalue weighted by Gasteiger charge is -1.99. The average molecular weight is 219 g/mol. The maximum atomic E-state index is 11.3. The van der Waals surface area contributed by atoms with Gasteiger partial charge in [0, 0.05) is 14.0 Å². The first-order chi connectivity index (χ1) is 7.50. The maximum Gasteiger partial charge on any atom is 0.181 e. The predicted octanol–water partition coefficient (Wildman–Crippen LogP) is 0.820. The van der Waals surface area contributed by atoms with Crippen LogP contribution in [0.3, 0.4) is 0 Å². The molecule has 0 N–H and O–H groups in total. The fourth-order valence-corrected chi connectivity index (χ4v) is 1.68. The highest BCUT2D eigenvalue weighted by Gasteiger charge is 2.16. The van der Waals surface area contributed by atoms with Crippen molar-refractivity contribution < 1.29 is 4.79 Å². The first-order valence-electron chi connectivity index (χ1n) is 4.94. The smallest absolute Gasteiger partial charge is 0.181 e. The molecule has 6 nitrogen and oxygen atoms in total. The van der Waals surface area contributed by atoms with E-state index in [9.17, 15) is 4.79 Å². The first-order valence-corrected chi connectivity index (χ1v) is 4.94. The Kier molecular flexibility index (Phi) is 2.34. The minimum atomic E-state index is -0.0784. The number of ketones is 1. The van der Waals surface area contributed by atoms with Crippen molar-refractivity contribution in [1.82, 2.24) is 24.8 Å². The lowest BCUT2D eigenvalue weighted by Crippen LogP contribution is -2.01. The molecular weight excluding hydrogens is 206 g/mol. The summed E-state index contributed by atoms with van der Waals surface area (Å²) < 4.78 is 3.35. The topological polar surface area (TPSA) is 65.6 Å². The molecule has 0 amide bonds. The van der Waals surface area contributed by atoms with Crippen LogP contribution in [0.5, 0.6) is 0 Å². The molecule has 2 rings (SSSR count). The van der Waals surface area contributed by atoms with E-state index in [-0.39, 0.29) is 5.78 Å². The zero-order valence-electron chi connectivity index (χ0n) is 9.72. The fraction of sp³-hybridized carbons (Fsp3) is 0.400. The molecule has 0 bridgehead atoms. The standard InChI is InChI=1S/C10H13N5O/c1-6-9(5-14(4)12-6)15-7(2)10(8(3)16)11-13-15/h5H,1-4H3. The van der Waals surface area contributed by atoms with Crippen molar-refractivity contribution in [2.45, 2.75) is 20.8 Å². The number of Topliss-reactive ketones (excluding diaryl/α,β-unsaturated/α-hetero) is 1. The van der Waals surface area contributed by atoms with E-state index in [4.69, 9.17) is 0 Å². The number of carbonyl (C=O) groups excluding carboxylic acids is 1. The molecule has 2 heterocycles. The monoisotopic (exact) mass is 219 g/mol. The summed E-state index contributed by atoms with van der Waals surface area (Å²) in [7, 11) is 1.84. The van der Waals surface area contributed by atoms with Crippen LogP contribution in [0.1, 0.15) is 28.8 Å². The van der Waals surface area contributed by atoms with E-state index in [1.807, 2.05) is 27.1 Å². The summed E-state index contributed by atoms with van der Waals surface area (Å²) in [5, 5.41) is 12.1. The van der Waals surface area contributed by atoms with Crippen LogP contribution in [0.15, 0.2) is 6.20 Å². The van der Waals surface area contributed by atoms with E-state index in [1.54, 1.807) is 9.36 Å². The van der Waals surface area contributed by atoms with Gasteiger partial charge in [0.1, 0.15) is 5.69 Å². The van der Waals surface area contributed by atoms with Crippen molar-refractivity contribution in [3.63, 3.8) is 0 Å². The highest BCUT2D eigenvalue weighted by atomic mass is 16.1. The van der Waals surface area contributed by atoms with Gasteiger partial charge in [0.25, 0.3) is 0 Å². The Bertz CT molecular complexity index is 552. The van der Waals surface area contributed by atoms with E-state index in [2.05, 4.69) is 15.4 Å². The third-order valence-corrected chi connectivity index (χ3v) is 2.44. The highest BCUT2D eigenvalue weighted by Crippen LogP contribution is 2.14. The molecule has 0 unspecified atom stereocenters. The lowest BCUT2D eigenvalue weighted by molar-refractivity contribution is 0.101. The van der Waals surface area contributed by atoms with Crippen LogP contribution in [-0.4, -0.2) is 30.6 Å². The SMILES string of the molecule is CC(=O)c1nnn(-c2cn(C)nc2C)c1C. The lowest BCUT2D eigenvalue weighted by atomic mass is 10.2. The summed E-state index contributed by atoms with van der Waals surface area (Å²) >= 11 is 0. The van der Waals surface area contributed by atoms with Crippen molar-refractivity contribution in [2.24, 2.45) is 7.05 Å². The summed E-state index contributed by atoms with van der Waals surface area (Å²) in [5.41, 5.74) is 2.84. The Labute approximate surface area is 92.9 Å². The van der Waals surface area contributed by atoms with Crippen LogP contribution in [-0.2, 0) is 7.05 Å². The third-order valence-electron chi connectivity index (χ3n) is 2.44. The van der Waals surface area contributed by atoms with E-state index in [0.29, 0.717) is 5.69 Å². The molecule has 0 aliphatic heterocycles. The number of rotatable bonds is 2. The molecule has 0 aromatic carbocycles. The number of hydrogen-bond acceptors (Lipinski definition) is 4.